The van der Waals surface area contributed by atoms with Crippen LogP contribution in [0.1, 0.15) is 30.4 Å². The van der Waals surface area contributed by atoms with Crippen molar-refractivity contribution in [3.63, 3.8) is 0 Å². The Hall–Kier alpha value is -1.26. The van der Waals surface area contributed by atoms with E-state index in [0.717, 1.165) is 34.7 Å². The predicted octanol–water partition coefficient (Wildman–Crippen LogP) is 3.95. The predicted molar refractivity (Wildman–Crippen MR) is 101 cm³/mol. The zero-order valence-corrected chi connectivity index (χ0v) is 16.0. The van der Waals surface area contributed by atoms with Crippen LogP contribution in [-0.2, 0) is 11.8 Å². The Morgan fingerprint density at radius 3 is 3.00 bits per heavy atom. The second-order valence-corrected chi connectivity index (χ2v) is 9.10. The van der Waals surface area contributed by atoms with Crippen molar-refractivity contribution in [3.8, 4) is 11.5 Å². The number of likely N-dealkylation sites (tertiary alicyclic amines) is 1. The summed E-state index contributed by atoms with van der Waals surface area (Å²) in [5.41, 5.74) is 4.46. The van der Waals surface area contributed by atoms with Gasteiger partial charge in [-0.15, -0.1) is 0 Å². The molecule has 1 saturated carbocycles. The molecule has 0 N–H and O–H groups in total. The molecule has 25 heavy (non-hydrogen) atoms. The van der Waals surface area contributed by atoms with Crippen LogP contribution in [0.4, 0.5) is 0 Å². The minimum Gasteiger partial charge on any atom is -0.493 e. The molecule has 5 aliphatic rings. The molecule has 2 fully saturated rings. The summed E-state index contributed by atoms with van der Waals surface area (Å²) < 4.78 is 13.3. The molecule has 4 heteroatoms. The van der Waals surface area contributed by atoms with E-state index >= 15 is 0 Å². The molecule has 3 atom stereocenters. The van der Waals surface area contributed by atoms with Crippen molar-refractivity contribution in [2.24, 2.45) is 5.92 Å². The van der Waals surface area contributed by atoms with Gasteiger partial charge in [-0.2, -0.15) is 0 Å². The fraction of sp³-hybridized carbons (Fsp3) is 0.524. The van der Waals surface area contributed by atoms with Crippen LogP contribution in [-0.4, -0.2) is 37.2 Å². The van der Waals surface area contributed by atoms with Gasteiger partial charge in [0.25, 0.3) is 0 Å². The second kappa shape index (κ2) is 4.92. The van der Waals surface area contributed by atoms with Crippen molar-refractivity contribution in [2.75, 3.05) is 20.2 Å². The average molecular weight is 400 g/mol. The number of halogens is 1. The molecule has 3 nitrogen and oxygen atoms in total. The zero-order chi connectivity index (χ0) is 16.8. The number of allylic oxidation sites excluding steroid dienone is 2. The summed E-state index contributed by atoms with van der Waals surface area (Å²) in [5.74, 6) is 2.79. The normalized spacial score (nSPS) is 34.8. The molecule has 130 valence electrons. The molecular formula is C21H22BrNO2. The zero-order valence-electron chi connectivity index (χ0n) is 14.4. The highest BCUT2D eigenvalue weighted by Crippen LogP contribution is 2.63. The van der Waals surface area contributed by atoms with Crippen LogP contribution in [0, 0.1) is 5.92 Å². The van der Waals surface area contributed by atoms with Gasteiger partial charge in [0.05, 0.1) is 12.5 Å². The quantitative estimate of drug-likeness (QED) is 0.767. The average Bonchev–Trinajstić information content (AvgIpc) is 3.36. The van der Waals surface area contributed by atoms with Gasteiger partial charge in [0.15, 0.2) is 11.5 Å². The molecule has 1 saturated heterocycles. The number of rotatable bonds is 3. The van der Waals surface area contributed by atoms with E-state index in [4.69, 9.17) is 9.47 Å². The molecule has 1 spiro atoms. The van der Waals surface area contributed by atoms with Crippen LogP contribution in [0.25, 0.3) is 0 Å². The summed E-state index contributed by atoms with van der Waals surface area (Å²) in [4.78, 5) is 2.75. The molecule has 0 radical (unpaired) electrons. The number of nitrogens with zero attached hydrogens (tertiary/aromatic N) is 1. The lowest BCUT2D eigenvalue weighted by atomic mass is 9.57. The highest BCUT2D eigenvalue weighted by Gasteiger charge is 2.61. The van der Waals surface area contributed by atoms with Crippen molar-refractivity contribution in [3.05, 3.63) is 45.5 Å². The van der Waals surface area contributed by atoms with Gasteiger partial charge in [-0.05, 0) is 54.9 Å². The van der Waals surface area contributed by atoms with Crippen molar-refractivity contribution < 1.29 is 9.47 Å². The molecular weight excluding hydrogens is 378 g/mol. The number of methoxy groups -OCH3 is 1. The van der Waals surface area contributed by atoms with E-state index in [1.54, 1.807) is 12.7 Å². The maximum absolute atomic E-state index is 6.54. The molecule has 1 aromatic carbocycles. The van der Waals surface area contributed by atoms with Gasteiger partial charge in [0.2, 0.25) is 0 Å². The van der Waals surface area contributed by atoms with Gasteiger partial charge in [-0.3, -0.25) is 4.90 Å². The van der Waals surface area contributed by atoms with Gasteiger partial charge < -0.3 is 9.47 Å². The molecule has 3 aliphatic carbocycles. The van der Waals surface area contributed by atoms with Gasteiger partial charge in [-0.25, -0.2) is 0 Å². The highest BCUT2D eigenvalue weighted by atomic mass is 79.9. The summed E-state index contributed by atoms with van der Waals surface area (Å²) in [6.45, 7) is 2.45. The first-order valence-corrected chi connectivity index (χ1v) is 10.2. The Balaban J connectivity index is 1.57. The van der Waals surface area contributed by atoms with E-state index in [0.29, 0.717) is 6.04 Å². The first kappa shape index (κ1) is 14.9. The second-order valence-electron chi connectivity index (χ2n) is 8.18. The minimum absolute atomic E-state index is 0.00968. The van der Waals surface area contributed by atoms with Crippen LogP contribution < -0.4 is 9.47 Å². The van der Waals surface area contributed by atoms with Gasteiger partial charge in [0, 0.05) is 29.2 Å². The van der Waals surface area contributed by atoms with Crippen LogP contribution in [0.2, 0.25) is 0 Å². The summed E-state index contributed by atoms with van der Waals surface area (Å²) in [6, 6.07) is 4.90. The lowest BCUT2D eigenvalue weighted by molar-refractivity contribution is 0.0951. The molecule has 0 amide bonds. The maximum Gasteiger partial charge on any atom is 0.166 e. The third-order valence-electron chi connectivity index (χ3n) is 6.94. The van der Waals surface area contributed by atoms with Crippen LogP contribution in [0.15, 0.2) is 34.3 Å². The molecule has 2 bridgehead atoms. The van der Waals surface area contributed by atoms with E-state index in [1.807, 2.05) is 0 Å². The Labute approximate surface area is 156 Å². The number of ether oxygens (including phenoxy) is 2. The van der Waals surface area contributed by atoms with Gasteiger partial charge in [-0.1, -0.05) is 28.1 Å². The van der Waals surface area contributed by atoms with Crippen LogP contribution in [0.5, 0.6) is 11.5 Å². The molecule has 2 unspecified atom stereocenters. The molecule has 2 aliphatic heterocycles. The molecule has 6 rings (SSSR count). The maximum atomic E-state index is 6.54. The lowest BCUT2D eigenvalue weighted by Gasteiger charge is -2.53. The van der Waals surface area contributed by atoms with E-state index < -0.39 is 0 Å². The van der Waals surface area contributed by atoms with Crippen molar-refractivity contribution >= 4 is 15.9 Å². The van der Waals surface area contributed by atoms with E-state index in [9.17, 15) is 0 Å². The monoisotopic (exact) mass is 399 g/mol. The topological polar surface area (TPSA) is 21.7 Å². The lowest BCUT2D eigenvalue weighted by Crippen LogP contribution is -2.59. The van der Waals surface area contributed by atoms with Crippen LogP contribution >= 0.6 is 15.9 Å². The summed E-state index contributed by atoms with van der Waals surface area (Å²) in [5, 5.41) is 0. The van der Waals surface area contributed by atoms with E-state index in [2.05, 4.69) is 45.1 Å². The number of hydrogen-bond donors (Lipinski definition) is 0. The van der Waals surface area contributed by atoms with E-state index in [-0.39, 0.29) is 11.5 Å². The largest absolute Gasteiger partial charge is 0.493 e. The minimum atomic E-state index is 0.00968. The Morgan fingerprint density at radius 2 is 2.20 bits per heavy atom. The van der Waals surface area contributed by atoms with Gasteiger partial charge >= 0.3 is 0 Å². The van der Waals surface area contributed by atoms with Crippen molar-refractivity contribution in [1.29, 1.82) is 0 Å². The third kappa shape index (κ3) is 1.80. The third-order valence-corrected chi connectivity index (χ3v) is 7.62. The summed E-state index contributed by atoms with van der Waals surface area (Å²) in [6.07, 6.45) is 9.76. The Kier molecular flexibility index (Phi) is 2.92. The van der Waals surface area contributed by atoms with Crippen LogP contribution in [0.3, 0.4) is 0 Å². The molecule has 0 aromatic heterocycles. The standard InChI is InChI=1S/C21H22BrNO2/c1-24-17-7-4-13-10-16-14-5-6-15(22)20-21(14,18(13)19(17)25-20)8-9-23(16)11-12-2-3-12/h4-7,12,16,20H,2-3,8-11H2,1H3/t16?,20-,21?/m0/s1. The Bertz CT molecular complexity index is 841. The van der Waals surface area contributed by atoms with Gasteiger partial charge in [0.1, 0.15) is 6.10 Å². The van der Waals surface area contributed by atoms with Crippen molar-refractivity contribution in [2.45, 2.75) is 43.2 Å². The smallest absolute Gasteiger partial charge is 0.166 e. The number of benzene rings is 1. The molecule has 1 aromatic rings. The fourth-order valence-electron chi connectivity index (χ4n) is 5.66. The first-order chi connectivity index (χ1) is 12.2. The van der Waals surface area contributed by atoms with E-state index in [1.165, 1.54) is 37.1 Å². The number of hydrogen-bond acceptors (Lipinski definition) is 3. The summed E-state index contributed by atoms with van der Waals surface area (Å²) >= 11 is 3.80. The number of piperidine rings is 1. The fourth-order valence-corrected chi connectivity index (χ4v) is 6.28. The summed E-state index contributed by atoms with van der Waals surface area (Å²) in [7, 11) is 1.74. The SMILES string of the molecule is COc1ccc2c3c1O[C@H]1C(Br)=CC=C4C(C2)N(CC2CC2)CCC431. The first-order valence-electron chi connectivity index (χ1n) is 9.41. The molecule has 2 heterocycles. The highest BCUT2D eigenvalue weighted by molar-refractivity contribution is 9.11. The Morgan fingerprint density at radius 1 is 1.32 bits per heavy atom. The van der Waals surface area contributed by atoms with Crippen molar-refractivity contribution in [1.82, 2.24) is 4.90 Å².